The monoisotopic (exact) mass is 938 g/mol. The van der Waals surface area contributed by atoms with Gasteiger partial charge in [0.15, 0.2) is 17.9 Å². The number of hydrogen-bond donors (Lipinski definition) is 12. The SMILES string of the molecule is Cc1ccc(C[C@H](NC(=O)C=Cc2ccccc2)C(=O)N[C@@H](Cc2ccc(N=C(N)N)cc2)C(=O)N[C@@H](CC(C)C)C(=O)N[C@@H](CCCN=C(N)N)C(=O)N[C@@H](CCCN=C(N)N)C(N)=O)cc1. The summed E-state index contributed by atoms with van der Waals surface area (Å²) in [6.45, 7) is 5.90. The molecule has 21 heteroatoms. The van der Waals surface area contributed by atoms with Crippen molar-refractivity contribution in [2.24, 2.45) is 61.0 Å². The van der Waals surface area contributed by atoms with Gasteiger partial charge in [-0.1, -0.05) is 86.1 Å². The van der Waals surface area contributed by atoms with Crippen LogP contribution in [0, 0.1) is 12.8 Å². The van der Waals surface area contributed by atoms with Gasteiger partial charge in [0.1, 0.15) is 30.2 Å². The van der Waals surface area contributed by atoms with E-state index in [9.17, 15) is 28.8 Å². The van der Waals surface area contributed by atoms with Crippen molar-refractivity contribution < 1.29 is 28.8 Å². The molecule has 0 fully saturated rings. The third kappa shape index (κ3) is 20.9. The van der Waals surface area contributed by atoms with E-state index in [0.29, 0.717) is 17.7 Å². The van der Waals surface area contributed by atoms with Crippen LogP contribution in [0.3, 0.4) is 0 Å². The molecule has 21 nitrogen and oxygen atoms in total. The maximum absolute atomic E-state index is 14.5. The molecule has 5 atom stereocenters. The lowest BCUT2D eigenvalue weighted by atomic mass is 9.99. The molecule has 3 rings (SSSR count). The van der Waals surface area contributed by atoms with E-state index >= 15 is 0 Å². The Morgan fingerprint density at radius 1 is 0.544 bits per heavy atom. The molecule has 0 saturated heterocycles. The Morgan fingerprint density at radius 2 is 1.00 bits per heavy atom. The van der Waals surface area contributed by atoms with Crippen LogP contribution in [0.5, 0.6) is 0 Å². The lowest BCUT2D eigenvalue weighted by molar-refractivity contribution is -0.135. The van der Waals surface area contributed by atoms with Crippen molar-refractivity contribution in [3.63, 3.8) is 0 Å². The first-order chi connectivity index (χ1) is 32.3. The second-order valence-electron chi connectivity index (χ2n) is 16.6. The van der Waals surface area contributed by atoms with Crippen LogP contribution in [0.15, 0.2) is 99.9 Å². The number of primary amides is 1. The number of aryl methyl sites for hydroxylation is 1. The molecule has 366 valence electrons. The van der Waals surface area contributed by atoms with E-state index in [0.717, 1.165) is 16.7 Å². The van der Waals surface area contributed by atoms with Gasteiger partial charge in [0.2, 0.25) is 35.4 Å². The molecule has 6 amide bonds. The summed E-state index contributed by atoms with van der Waals surface area (Å²) in [5.74, 6) is -4.83. The summed E-state index contributed by atoms with van der Waals surface area (Å²) in [6, 6.07) is 17.2. The number of aliphatic imine (C=N–C) groups is 3. The summed E-state index contributed by atoms with van der Waals surface area (Å²) in [5, 5.41) is 13.8. The van der Waals surface area contributed by atoms with Crippen molar-refractivity contribution in [3.05, 3.63) is 107 Å². The van der Waals surface area contributed by atoms with Gasteiger partial charge in [-0.2, -0.15) is 0 Å². The summed E-state index contributed by atoms with van der Waals surface area (Å²) in [4.78, 5) is 94.5. The van der Waals surface area contributed by atoms with Crippen LogP contribution in [0.1, 0.15) is 68.2 Å². The molecule has 0 aromatic heterocycles. The van der Waals surface area contributed by atoms with Gasteiger partial charge in [0.05, 0.1) is 5.69 Å². The Bertz CT molecular complexity index is 2250. The second-order valence-corrected chi connectivity index (χ2v) is 16.6. The standard InChI is InChI=1S/C47H67N15O6/c1-28(2)25-36(42(66)60-35(12-8-24-56-46(51)52)41(65)59-34(40(48)64)11-7-23-55-45(49)50)61-44(68)38(27-32-17-20-33(21-18-32)57-47(53)54)62-43(67)37(26-31-15-13-29(3)14-16-31)58-39(63)22-19-30-9-5-4-6-10-30/h4-6,9-10,13-22,28,34-38H,7-8,11-12,23-27H2,1-3H3,(H2,48,64)(H,58,63)(H,59,65)(H,60,66)(H,61,68)(H,62,67)(H4,49,50,55)(H4,51,52,56)(H4,53,54,57)/t34-,35-,36-,37-,38-/m0/s1. The van der Waals surface area contributed by atoms with Crippen molar-refractivity contribution in [2.75, 3.05) is 13.1 Å². The number of nitrogens with two attached hydrogens (primary N) is 7. The van der Waals surface area contributed by atoms with Crippen LogP contribution in [-0.4, -0.2) is 96.6 Å². The number of carbonyl (C=O) groups excluding carboxylic acids is 6. The third-order valence-electron chi connectivity index (χ3n) is 10.2. The molecule has 19 N–H and O–H groups in total. The Morgan fingerprint density at radius 3 is 1.51 bits per heavy atom. The average Bonchev–Trinajstić information content (AvgIpc) is 3.27. The molecule has 0 bridgehead atoms. The molecule has 0 spiro atoms. The van der Waals surface area contributed by atoms with Gasteiger partial charge < -0.3 is 66.7 Å². The van der Waals surface area contributed by atoms with Gasteiger partial charge in [-0.05, 0) is 79.8 Å². The number of benzene rings is 3. The second kappa shape index (κ2) is 28.2. The number of amides is 6. The smallest absolute Gasteiger partial charge is 0.244 e. The highest BCUT2D eigenvalue weighted by Gasteiger charge is 2.33. The van der Waals surface area contributed by atoms with Crippen molar-refractivity contribution in [2.45, 2.75) is 95.9 Å². The van der Waals surface area contributed by atoms with Gasteiger partial charge in [-0.3, -0.25) is 38.8 Å². The molecule has 3 aromatic carbocycles. The highest BCUT2D eigenvalue weighted by molar-refractivity contribution is 5.98. The molecule has 3 aromatic rings. The van der Waals surface area contributed by atoms with Crippen molar-refractivity contribution in [1.29, 1.82) is 0 Å². The van der Waals surface area contributed by atoms with Crippen molar-refractivity contribution in [1.82, 2.24) is 26.6 Å². The van der Waals surface area contributed by atoms with Gasteiger partial charge in [0.25, 0.3) is 0 Å². The minimum absolute atomic E-state index is 0.0271. The molecule has 68 heavy (non-hydrogen) atoms. The molecule has 0 aliphatic heterocycles. The first-order valence-electron chi connectivity index (χ1n) is 22.2. The van der Waals surface area contributed by atoms with Crippen LogP contribution in [0.4, 0.5) is 5.69 Å². The number of carbonyl (C=O) groups is 6. The van der Waals surface area contributed by atoms with Gasteiger partial charge in [0, 0.05) is 32.0 Å². The largest absolute Gasteiger partial charge is 0.370 e. The molecule has 0 aliphatic rings. The molecular formula is C47H67N15O6. The number of guanidine groups is 3. The topological polar surface area (TPSA) is 382 Å². The minimum atomic E-state index is -1.30. The maximum atomic E-state index is 14.5. The zero-order valence-electron chi connectivity index (χ0n) is 38.8. The predicted octanol–water partition coefficient (Wildman–Crippen LogP) is -0.539. The Labute approximate surface area is 396 Å². The third-order valence-corrected chi connectivity index (χ3v) is 10.2. The van der Waals surface area contributed by atoms with E-state index in [2.05, 4.69) is 41.6 Å². The zero-order chi connectivity index (χ0) is 50.2. The summed E-state index contributed by atoms with van der Waals surface area (Å²) < 4.78 is 0. The maximum Gasteiger partial charge on any atom is 0.244 e. The van der Waals surface area contributed by atoms with E-state index in [4.69, 9.17) is 40.1 Å². The van der Waals surface area contributed by atoms with Crippen LogP contribution in [0.2, 0.25) is 0 Å². The summed E-state index contributed by atoms with van der Waals surface area (Å²) in [6.07, 6.45) is 3.73. The quantitative estimate of drug-likeness (QED) is 0.0199. The Balaban J connectivity index is 1.97. The van der Waals surface area contributed by atoms with E-state index in [1.165, 1.54) is 6.08 Å². The van der Waals surface area contributed by atoms with Gasteiger partial charge in [-0.25, -0.2) is 4.99 Å². The van der Waals surface area contributed by atoms with E-state index < -0.39 is 65.7 Å². The molecule has 0 radical (unpaired) electrons. The van der Waals surface area contributed by atoms with Crippen LogP contribution < -0.4 is 66.7 Å². The fourth-order valence-corrected chi connectivity index (χ4v) is 6.78. The highest BCUT2D eigenvalue weighted by Crippen LogP contribution is 2.16. The number of hydrogen-bond acceptors (Lipinski definition) is 9. The Kier molecular flexibility index (Phi) is 22.5. The summed E-state index contributed by atoms with van der Waals surface area (Å²) >= 11 is 0. The zero-order valence-corrected chi connectivity index (χ0v) is 38.8. The first-order valence-corrected chi connectivity index (χ1v) is 22.2. The fourth-order valence-electron chi connectivity index (χ4n) is 6.78. The summed E-state index contributed by atoms with van der Waals surface area (Å²) in [5.41, 5.74) is 42.1. The lowest BCUT2D eigenvalue weighted by Gasteiger charge is -2.28. The molecule has 0 aliphatic carbocycles. The van der Waals surface area contributed by atoms with Crippen molar-refractivity contribution in [3.8, 4) is 0 Å². The van der Waals surface area contributed by atoms with Crippen LogP contribution in [-0.2, 0) is 41.6 Å². The van der Waals surface area contributed by atoms with Crippen LogP contribution >= 0.6 is 0 Å². The number of nitrogens with zero attached hydrogens (tertiary/aromatic N) is 3. The Hall–Kier alpha value is -7.97. The van der Waals surface area contributed by atoms with Gasteiger partial charge in [-0.15, -0.1) is 0 Å². The minimum Gasteiger partial charge on any atom is -0.370 e. The van der Waals surface area contributed by atoms with Crippen LogP contribution in [0.25, 0.3) is 6.08 Å². The van der Waals surface area contributed by atoms with E-state index in [1.807, 2.05) is 75.4 Å². The highest BCUT2D eigenvalue weighted by atomic mass is 16.2. The molecule has 0 unspecified atom stereocenters. The molecular weight excluding hydrogens is 871 g/mol. The lowest BCUT2D eigenvalue weighted by Crippen LogP contribution is -2.59. The first kappa shape index (κ1) is 54.4. The van der Waals surface area contributed by atoms with E-state index in [1.54, 1.807) is 30.3 Å². The summed E-state index contributed by atoms with van der Waals surface area (Å²) in [7, 11) is 0. The number of rotatable bonds is 27. The molecule has 0 heterocycles. The van der Waals surface area contributed by atoms with Gasteiger partial charge >= 0.3 is 0 Å². The van der Waals surface area contributed by atoms with Crippen molar-refractivity contribution >= 4 is 65.1 Å². The molecule has 0 saturated carbocycles. The normalized spacial score (nSPS) is 13.1. The fraction of sp³-hybridized carbons (Fsp3) is 0.383. The number of nitrogens with one attached hydrogen (secondary N) is 5. The predicted molar refractivity (Wildman–Crippen MR) is 264 cm³/mol. The van der Waals surface area contributed by atoms with E-state index in [-0.39, 0.29) is 75.4 Å². The average molecular weight is 938 g/mol.